The van der Waals surface area contributed by atoms with Gasteiger partial charge in [0, 0.05) is 5.57 Å². The van der Waals surface area contributed by atoms with Crippen molar-refractivity contribution in [1.82, 2.24) is 9.97 Å². The number of amidine groups is 1. The first-order valence-corrected chi connectivity index (χ1v) is 6.22. The van der Waals surface area contributed by atoms with Crippen LogP contribution in [0.5, 0.6) is 0 Å². The van der Waals surface area contributed by atoms with Crippen LogP contribution in [0.3, 0.4) is 0 Å². The summed E-state index contributed by atoms with van der Waals surface area (Å²) in [4.78, 5) is 9.04. The Morgan fingerprint density at radius 3 is 2.79 bits per heavy atom. The summed E-state index contributed by atoms with van der Waals surface area (Å²) in [7, 11) is 0. The van der Waals surface area contributed by atoms with Crippen molar-refractivity contribution in [3.05, 3.63) is 53.9 Å². The summed E-state index contributed by atoms with van der Waals surface area (Å²) in [6.45, 7) is 0. The molecule has 0 unspecified atom stereocenters. The Morgan fingerprint density at radius 2 is 2.00 bits per heavy atom. The van der Waals surface area contributed by atoms with Crippen molar-refractivity contribution in [3.8, 4) is 0 Å². The van der Waals surface area contributed by atoms with Crippen molar-refractivity contribution < 1.29 is 0 Å². The van der Waals surface area contributed by atoms with Crippen molar-refractivity contribution >= 4 is 22.4 Å². The number of benzene rings is 1. The first-order chi connectivity index (χ1) is 9.25. The molecule has 1 aromatic carbocycles. The van der Waals surface area contributed by atoms with Gasteiger partial charge < -0.3 is 5.73 Å². The summed E-state index contributed by atoms with van der Waals surface area (Å²) < 4.78 is 0. The normalized spacial score (nSPS) is 14.9. The van der Waals surface area contributed by atoms with E-state index in [0.717, 1.165) is 40.7 Å². The Morgan fingerprint density at radius 1 is 1.21 bits per heavy atom. The van der Waals surface area contributed by atoms with Gasteiger partial charge in [0.25, 0.3) is 0 Å². The van der Waals surface area contributed by atoms with E-state index in [2.05, 4.69) is 9.97 Å². The Kier molecular flexibility index (Phi) is 2.83. The molecule has 3 N–H and O–H groups in total. The summed E-state index contributed by atoms with van der Waals surface area (Å²) in [5.74, 6) is 0.0842. The number of hydrogen-bond acceptors (Lipinski definition) is 3. The summed E-state index contributed by atoms with van der Waals surface area (Å²) in [5, 5.41) is 7.65. The highest BCUT2D eigenvalue weighted by molar-refractivity contribution is 6.04. The zero-order valence-electron chi connectivity index (χ0n) is 10.4. The van der Waals surface area contributed by atoms with E-state index >= 15 is 0 Å². The van der Waals surface area contributed by atoms with Crippen molar-refractivity contribution in [2.45, 2.75) is 12.8 Å². The predicted molar refractivity (Wildman–Crippen MR) is 76.7 cm³/mol. The lowest BCUT2D eigenvalue weighted by atomic mass is 9.94. The molecule has 19 heavy (non-hydrogen) atoms. The zero-order chi connectivity index (χ0) is 13.2. The molecular weight excluding hydrogens is 236 g/mol. The standard InChI is InChI=1S/C15H14N4/c16-15(17)11-6-2-1-5-10(11)14-9-18-12-7-3-4-8-13(12)19-14/h2-4,6-9H,1,5H2,(H3,16,17). The minimum absolute atomic E-state index is 0.0842. The molecule has 1 aliphatic carbocycles. The van der Waals surface area contributed by atoms with Crippen LogP contribution in [0, 0.1) is 5.41 Å². The van der Waals surface area contributed by atoms with Gasteiger partial charge in [-0.1, -0.05) is 24.3 Å². The van der Waals surface area contributed by atoms with Crippen LogP contribution in [0.1, 0.15) is 18.5 Å². The molecule has 3 rings (SSSR count). The fraction of sp³-hybridized carbons (Fsp3) is 0.133. The topological polar surface area (TPSA) is 75.7 Å². The van der Waals surface area contributed by atoms with Gasteiger partial charge in [-0.05, 0) is 30.5 Å². The maximum atomic E-state index is 7.65. The van der Waals surface area contributed by atoms with Crippen LogP contribution < -0.4 is 5.73 Å². The Balaban J connectivity index is 2.17. The van der Waals surface area contributed by atoms with Crippen LogP contribution in [0.2, 0.25) is 0 Å². The smallest absolute Gasteiger partial charge is 0.123 e. The van der Waals surface area contributed by atoms with Gasteiger partial charge in [0.15, 0.2) is 0 Å². The Labute approximate surface area is 111 Å². The predicted octanol–water partition coefficient (Wildman–Crippen LogP) is 2.67. The average molecular weight is 250 g/mol. The minimum atomic E-state index is 0.0842. The lowest BCUT2D eigenvalue weighted by Crippen LogP contribution is -2.15. The molecule has 94 valence electrons. The van der Waals surface area contributed by atoms with Crippen LogP contribution in [0.15, 0.2) is 48.2 Å². The molecule has 0 fully saturated rings. The third-order valence-corrected chi connectivity index (χ3v) is 3.22. The van der Waals surface area contributed by atoms with Crippen molar-refractivity contribution in [2.75, 3.05) is 0 Å². The van der Waals surface area contributed by atoms with Crippen LogP contribution in [0.25, 0.3) is 16.6 Å². The minimum Gasteiger partial charge on any atom is -0.384 e. The number of nitrogens with one attached hydrogen (secondary N) is 1. The molecule has 0 aliphatic heterocycles. The first kappa shape index (κ1) is 11.6. The van der Waals surface area contributed by atoms with E-state index in [4.69, 9.17) is 11.1 Å². The molecule has 4 nitrogen and oxygen atoms in total. The van der Waals surface area contributed by atoms with Gasteiger partial charge in [0.05, 0.1) is 22.9 Å². The van der Waals surface area contributed by atoms with Crippen molar-refractivity contribution in [1.29, 1.82) is 5.41 Å². The van der Waals surface area contributed by atoms with E-state index in [0.29, 0.717) is 0 Å². The van der Waals surface area contributed by atoms with Gasteiger partial charge in [-0.3, -0.25) is 10.4 Å². The van der Waals surface area contributed by atoms with Gasteiger partial charge in [0.1, 0.15) is 5.84 Å². The van der Waals surface area contributed by atoms with E-state index in [1.54, 1.807) is 6.20 Å². The first-order valence-electron chi connectivity index (χ1n) is 6.22. The van der Waals surface area contributed by atoms with Crippen LogP contribution in [-0.4, -0.2) is 15.8 Å². The summed E-state index contributed by atoms with van der Waals surface area (Å²) in [6.07, 6.45) is 7.49. The monoisotopic (exact) mass is 250 g/mol. The SMILES string of the molecule is N=C(N)C1=C(c2cnc3ccccc3n2)CCC=C1. The van der Waals surface area contributed by atoms with Crippen LogP contribution >= 0.6 is 0 Å². The highest BCUT2D eigenvalue weighted by Gasteiger charge is 2.14. The molecule has 0 saturated heterocycles. The number of nitrogens with two attached hydrogens (primary N) is 1. The van der Waals surface area contributed by atoms with E-state index in [-0.39, 0.29) is 5.84 Å². The Bertz CT molecular complexity index is 713. The highest BCUT2D eigenvalue weighted by atomic mass is 14.8. The second kappa shape index (κ2) is 4.65. The molecule has 2 aromatic rings. The molecule has 1 heterocycles. The highest BCUT2D eigenvalue weighted by Crippen LogP contribution is 2.27. The van der Waals surface area contributed by atoms with Gasteiger partial charge in [-0.2, -0.15) is 0 Å². The van der Waals surface area contributed by atoms with Gasteiger partial charge in [-0.15, -0.1) is 0 Å². The number of nitrogens with zero attached hydrogens (tertiary/aromatic N) is 2. The lowest BCUT2D eigenvalue weighted by molar-refractivity contribution is 1.03. The van der Waals surface area contributed by atoms with E-state index < -0.39 is 0 Å². The third kappa shape index (κ3) is 2.12. The largest absolute Gasteiger partial charge is 0.384 e. The molecule has 1 aliphatic rings. The second-order valence-corrected chi connectivity index (χ2v) is 4.49. The molecule has 0 spiro atoms. The third-order valence-electron chi connectivity index (χ3n) is 3.22. The molecule has 0 amide bonds. The van der Waals surface area contributed by atoms with Crippen LogP contribution in [0.4, 0.5) is 0 Å². The number of rotatable bonds is 2. The average Bonchev–Trinajstić information content (AvgIpc) is 2.46. The van der Waals surface area contributed by atoms with Gasteiger partial charge in [0.2, 0.25) is 0 Å². The number of allylic oxidation sites excluding steroid dienone is 2. The molecule has 0 radical (unpaired) electrons. The van der Waals surface area contributed by atoms with E-state index in [9.17, 15) is 0 Å². The summed E-state index contributed by atoms with van der Waals surface area (Å²) in [6, 6.07) is 7.77. The lowest BCUT2D eigenvalue weighted by Gasteiger charge is -2.14. The fourth-order valence-corrected chi connectivity index (χ4v) is 2.29. The summed E-state index contributed by atoms with van der Waals surface area (Å²) in [5.41, 5.74) is 9.96. The molecular formula is C15H14N4. The van der Waals surface area contributed by atoms with Crippen molar-refractivity contribution in [2.24, 2.45) is 5.73 Å². The van der Waals surface area contributed by atoms with Crippen molar-refractivity contribution in [3.63, 3.8) is 0 Å². The maximum absolute atomic E-state index is 7.65. The number of fused-ring (bicyclic) bond motifs is 1. The summed E-state index contributed by atoms with van der Waals surface area (Å²) >= 11 is 0. The Hall–Kier alpha value is -2.49. The molecule has 4 heteroatoms. The second-order valence-electron chi connectivity index (χ2n) is 4.49. The van der Waals surface area contributed by atoms with E-state index in [1.807, 2.05) is 36.4 Å². The molecule has 0 saturated carbocycles. The number of para-hydroxylation sites is 2. The quantitative estimate of drug-likeness (QED) is 0.635. The maximum Gasteiger partial charge on any atom is 0.123 e. The number of aromatic nitrogens is 2. The number of hydrogen-bond donors (Lipinski definition) is 2. The van der Waals surface area contributed by atoms with Crippen LogP contribution in [-0.2, 0) is 0 Å². The van der Waals surface area contributed by atoms with E-state index in [1.165, 1.54) is 0 Å². The van der Waals surface area contributed by atoms with Gasteiger partial charge in [-0.25, -0.2) is 4.98 Å². The fourth-order valence-electron chi connectivity index (χ4n) is 2.29. The zero-order valence-corrected chi connectivity index (χ0v) is 10.4. The van der Waals surface area contributed by atoms with Gasteiger partial charge >= 0.3 is 0 Å². The molecule has 1 aromatic heterocycles. The molecule has 0 atom stereocenters. The molecule has 0 bridgehead atoms.